The molecule has 9 nitrogen and oxygen atoms in total. The summed E-state index contributed by atoms with van der Waals surface area (Å²) in [4.78, 5) is 55.2. The number of benzene rings is 2. The van der Waals surface area contributed by atoms with Gasteiger partial charge in [-0.1, -0.05) is 48.5 Å². The number of hydrogen-bond acceptors (Lipinski definition) is 5. The number of piperazine rings is 1. The Bertz CT molecular complexity index is 1280. The molecular formula is C28H30N4O5S. The number of nitrogens with zero attached hydrogens (tertiary/aromatic N) is 2. The Balaban J connectivity index is 1.53. The Labute approximate surface area is 225 Å². The molecule has 1 aromatic heterocycles. The van der Waals surface area contributed by atoms with Crippen molar-refractivity contribution in [1.82, 2.24) is 15.1 Å². The highest BCUT2D eigenvalue weighted by molar-refractivity contribution is 7.10. The SMILES string of the molecule is Cc1cccc(NC(=O)N2CCN(C(=O)Cc3ccccc3)C(C(=O)NC(CC(=O)O)c3cccs3)C2)c1. The molecule has 0 spiro atoms. The first-order chi connectivity index (χ1) is 18.3. The molecule has 0 radical (unpaired) electrons. The van der Waals surface area contributed by atoms with Crippen LogP contribution in [-0.4, -0.2) is 64.4 Å². The van der Waals surface area contributed by atoms with Crippen LogP contribution in [0.4, 0.5) is 10.5 Å². The normalized spacial score (nSPS) is 16.0. The standard InChI is InChI=1S/C28H30N4O5S/c1-19-7-5-10-21(15-19)29-28(37)31-12-13-32(25(33)16-20-8-3-2-4-9-20)23(18-31)27(36)30-22(17-26(34)35)24-11-6-14-38-24/h2-11,14-15,22-23H,12-13,16-18H2,1H3,(H,29,37)(H,30,36)(H,34,35). The third-order valence-corrected chi connectivity index (χ3v) is 7.33. The van der Waals surface area contributed by atoms with E-state index in [1.54, 1.807) is 18.2 Å². The van der Waals surface area contributed by atoms with Gasteiger partial charge in [0.05, 0.1) is 25.4 Å². The first kappa shape index (κ1) is 26.9. The number of nitrogens with one attached hydrogen (secondary N) is 2. The fraction of sp³-hybridized carbons (Fsp3) is 0.286. The van der Waals surface area contributed by atoms with E-state index in [4.69, 9.17) is 0 Å². The molecule has 2 atom stereocenters. The highest BCUT2D eigenvalue weighted by atomic mass is 32.1. The third-order valence-electron chi connectivity index (χ3n) is 6.34. The number of carboxylic acid groups (broad SMARTS) is 1. The summed E-state index contributed by atoms with van der Waals surface area (Å²) in [5.74, 6) is -1.79. The highest BCUT2D eigenvalue weighted by Gasteiger charge is 2.38. The predicted octanol–water partition coefficient (Wildman–Crippen LogP) is 3.68. The van der Waals surface area contributed by atoms with Gasteiger partial charge >= 0.3 is 12.0 Å². The molecule has 4 amide bonds. The van der Waals surface area contributed by atoms with Crippen LogP contribution in [0, 0.1) is 6.92 Å². The number of carboxylic acids is 1. The van der Waals surface area contributed by atoms with Crippen molar-refractivity contribution >= 4 is 40.8 Å². The largest absolute Gasteiger partial charge is 0.481 e. The summed E-state index contributed by atoms with van der Waals surface area (Å²) in [7, 11) is 0. The van der Waals surface area contributed by atoms with Crippen LogP contribution in [-0.2, 0) is 20.8 Å². The lowest BCUT2D eigenvalue weighted by molar-refractivity contribution is -0.143. The molecule has 38 heavy (non-hydrogen) atoms. The van der Waals surface area contributed by atoms with Gasteiger partial charge in [0.1, 0.15) is 6.04 Å². The number of aliphatic carboxylic acids is 1. The zero-order chi connectivity index (χ0) is 27.1. The van der Waals surface area contributed by atoms with Gasteiger partial charge < -0.3 is 25.5 Å². The van der Waals surface area contributed by atoms with Crippen molar-refractivity contribution < 1.29 is 24.3 Å². The number of carbonyl (C=O) groups is 4. The number of rotatable bonds is 8. The summed E-state index contributed by atoms with van der Waals surface area (Å²) in [5, 5.41) is 16.9. The second-order valence-electron chi connectivity index (χ2n) is 9.19. The fourth-order valence-corrected chi connectivity index (χ4v) is 5.22. The van der Waals surface area contributed by atoms with Crippen LogP contribution in [0.2, 0.25) is 0 Å². The van der Waals surface area contributed by atoms with Crippen molar-refractivity contribution in [3.63, 3.8) is 0 Å². The predicted molar refractivity (Wildman–Crippen MR) is 145 cm³/mol. The van der Waals surface area contributed by atoms with E-state index in [9.17, 15) is 24.3 Å². The molecule has 3 N–H and O–H groups in total. The van der Waals surface area contributed by atoms with Crippen LogP contribution >= 0.6 is 11.3 Å². The van der Waals surface area contributed by atoms with Gasteiger partial charge in [-0.15, -0.1) is 11.3 Å². The molecule has 3 aromatic rings. The van der Waals surface area contributed by atoms with Gasteiger partial charge in [-0.25, -0.2) is 4.79 Å². The Kier molecular flexibility index (Phi) is 8.75. The van der Waals surface area contributed by atoms with Gasteiger partial charge in [0.15, 0.2) is 0 Å². The van der Waals surface area contributed by atoms with Crippen LogP contribution in [0.25, 0.3) is 0 Å². The van der Waals surface area contributed by atoms with Gasteiger partial charge in [-0.3, -0.25) is 14.4 Å². The van der Waals surface area contributed by atoms with Crippen LogP contribution < -0.4 is 10.6 Å². The molecule has 0 saturated carbocycles. The Hall–Kier alpha value is -4.18. The number of urea groups is 1. The van der Waals surface area contributed by atoms with E-state index in [2.05, 4.69) is 10.6 Å². The van der Waals surface area contributed by atoms with Gasteiger partial charge in [0.25, 0.3) is 0 Å². The molecule has 10 heteroatoms. The first-order valence-corrected chi connectivity index (χ1v) is 13.2. The molecule has 1 saturated heterocycles. The molecule has 198 valence electrons. The van der Waals surface area contributed by atoms with Crippen LogP contribution in [0.15, 0.2) is 72.1 Å². The van der Waals surface area contributed by atoms with E-state index >= 15 is 0 Å². The summed E-state index contributed by atoms with van der Waals surface area (Å²) >= 11 is 1.35. The minimum atomic E-state index is -1.05. The molecular weight excluding hydrogens is 504 g/mol. The fourth-order valence-electron chi connectivity index (χ4n) is 4.44. The maximum atomic E-state index is 13.6. The lowest BCUT2D eigenvalue weighted by Gasteiger charge is -2.41. The van der Waals surface area contributed by atoms with E-state index in [1.807, 2.05) is 60.8 Å². The Morgan fingerprint density at radius 3 is 2.50 bits per heavy atom. The summed E-state index contributed by atoms with van der Waals surface area (Å²) in [5.41, 5.74) is 2.45. The van der Waals surface area contributed by atoms with Crippen LogP contribution in [0.3, 0.4) is 0 Å². The maximum absolute atomic E-state index is 13.6. The van der Waals surface area contributed by atoms with Gasteiger partial charge in [0, 0.05) is 23.7 Å². The average molecular weight is 535 g/mol. The number of anilines is 1. The van der Waals surface area contributed by atoms with Crippen LogP contribution in [0.5, 0.6) is 0 Å². The molecule has 2 heterocycles. The molecule has 1 fully saturated rings. The van der Waals surface area contributed by atoms with E-state index in [0.717, 1.165) is 11.1 Å². The number of amides is 4. The maximum Gasteiger partial charge on any atom is 0.321 e. The molecule has 4 rings (SSSR count). The minimum absolute atomic E-state index is 0.0196. The Morgan fingerprint density at radius 2 is 1.82 bits per heavy atom. The van der Waals surface area contributed by atoms with Crippen molar-refractivity contribution in [3.05, 3.63) is 88.1 Å². The van der Waals surface area contributed by atoms with E-state index in [1.165, 1.54) is 21.1 Å². The summed E-state index contributed by atoms with van der Waals surface area (Å²) in [6.45, 7) is 2.33. The minimum Gasteiger partial charge on any atom is -0.481 e. The summed E-state index contributed by atoms with van der Waals surface area (Å²) in [6, 6.07) is 18.1. The number of carbonyl (C=O) groups excluding carboxylic acids is 3. The smallest absolute Gasteiger partial charge is 0.321 e. The van der Waals surface area contributed by atoms with Crippen molar-refractivity contribution in [1.29, 1.82) is 0 Å². The lowest BCUT2D eigenvalue weighted by atomic mass is 10.1. The third kappa shape index (κ3) is 6.98. The second-order valence-corrected chi connectivity index (χ2v) is 10.2. The first-order valence-electron chi connectivity index (χ1n) is 12.3. The van der Waals surface area contributed by atoms with Gasteiger partial charge in [-0.05, 0) is 41.6 Å². The van der Waals surface area contributed by atoms with Gasteiger partial charge in [0.2, 0.25) is 11.8 Å². The monoisotopic (exact) mass is 534 g/mol. The van der Waals surface area contributed by atoms with Crippen molar-refractivity contribution in [2.24, 2.45) is 0 Å². The van der Waals surface area contributed by atoms with Crippen molar-refractivity contribution in [3.8, 4) is 0 Å². The molecule has 0 aliphatic carbocycles. The summed E-state index contributed by atoms with van der Waals surface area (Å²) < 4.78 is 0. The quantitative estimate of drug-likeness (QED) is 0.407. The molecule has 1 aliphatic heterocycles. The van der Waals surface area contributed by atoms with Crippen LogP contribution in [0.1, 0.15) is 28.5 Å². The second kappa shape index (κ2) is 12.4. The zero-order valence-electron chi connectivity index (χ0n) is 21.0. The zero-order valence-corrected chi connectivity index (χ0v) is 21.8. The number of hydrogen-bond donors (Lipinski definition) is 3. The molecule has 2 aromatic carbocycles. The van der Waals surface area contributed by atoms with E-state index in [-0.39, 0.29) is 44.4 Å². The molecule has 1 aliphatic rings. The number of aryl methyl sites for hydroxylation is 1. The highest BCUT2D eigenvalue weighted by Crippen LogP contribution is 2.23. The molecule has 2 unspecified atom stereocenters. The average Bonchev–Trinajstić information content (AvgIpc) is 3.43. The summed E-state index contributed by atoms with van der Waals surface area (Å²) in [6.07, 6.45) is -0.182. The lowest BCUT2D eigenvalue weighted by Crippen LogP contribution is -2.62. The van der Waals surface area contributed by atoms with E-state index < -0.39 is 24.0 Å². The Morgan fingerprint density at radius 1 is 1.03 bits per heavy atom. The number of thiophene rings is 1. The van der Waals surface area contributed by atoms with Crippen molar-refractivity contribution in [2.75, 3.05) is 25.0 Å². The topological polar surface area (TPSA) is 119 Å². The van der Waals surface area contributed by atoms with Crippen molar-refractivity contribution in [2.45, 2.75) is 31.8 Å². The van der Waals surface area contributed by atoms with Gasteiger partial charge in [-0.2, -0.15) is 0 Å². The molecule has 0 bridgehead atoms. The van der Waals surface area contributed by atoms with E-state index in [0.29, 0.717) is 10.6 Å².